The van der Waals surface area contributed by atoms with Gasteiger partial charge in [0, 0.05) is 64.8 Å². The summed E-state index contributed by atoms with van der Waals surface area (Å²) in [5.41, 5.74) is 0. The molecular weight excluding hydrogens is 680 g/mol. The number of hydrogen-bond donors (Lipinski definition) is 0. The Morgan fingerprint density at radius 1 is 0.735 bits per heavy atom. The van der Waals surface area contributed by atoms with Crippen molar-refractivity contribution in [1.82, 2.24) is 4.90 Å². The Morgan fingerprint density at radius 2 is 1.27 bits per heavy atom. The van der Waals surface area contributed by atoms with Crippen LogP contribution in [-0.2, 0) is 36.1 Å². The van der Waals surface area contributed by atoms with E-state index in [1.54, 1.807) is 0 Å². The Morgan fingerprint density at radius 3 is 1.76 bits per heavy atom. The lowest BCUT2D eigenvalue weighted by atomic mass is 9.74. The van der Waals surface area contributed by atoms with Crippen molar-refractivity contribution in [3.63, 3.8) is 0 Å². The van der Waals surface area contributed by atoms with Gasteiger partial charge in [0.15, 0.2) is 0 Å². The van der Waals surface area contributed by atoms with Gasteiger partial charge in [-0.3, -0.25) is 9.79 Å². The SMILES string of the molecule is CCO[Si](CCC1CCC(OC(=O)CCl)CCC1C1CCCCCC1)(OCC)OCC.CCO[Si](CCCN1C=NCC1)(OCC)OCC. The first-order chi connectivity index (χ1) is 23.8. The quantitative estimate of drug-likeness (QED) is 0.0471. The van der Waals surface area contributed by atoms with Gasteiger partial charge in [-0.25, -0.2) is 0 Å². The Labute approximate surface area is 306 Å². The van der Waals surface area contributed by atoms with Crippen LogP contribution in [0.25, 0.3) is 0 Å². The lowest BCUT2D eigenvalue weighted by Crippen LogP contribution is -2.46. The summed E-state index contributed by atoms with van der Waals surface area (Å²) in [6.45, 7) is 18.8. The highest BCUT2D eigenvalue weighted by molar-refractivity contribution is 6.61. The zero-order valence-corrected chi connectivity index (χ0v) is 34.7. The van der Waals surface area contributed by atoms with Gasteiger partial charge in [-0.1, -0.05) is 38.5 Å². The topological polar surface area (TPSA) is 97.3 Å². The zero-order valence-electron chi connectivity index (χ0n) is 31.9. The average molecular weight is 752 g/mol. The van der Waals surface area contributed by atoms with E-state index in [0.717, 1.165) is 76.2 Å². The van der Waals surface area contributed by atoms with E-state index in [4.69, 9.17) is 42.9 Å². The normalized spacial score (nSPS) is 22.3. The summed E-state index contributed by atoms with van der Waals surface area (Å²) in [6, 6.07) is 1.76. The molecular formula is C36H71ClN2O8Si2. The molecule has 0 radical (unpaired) electrons. The van der Waals surface area contributed by atoms with E-state index in [2.05, 4.69) is 9.89 Å². The van der Waals surface area contributed by atoms with E-state index >= 15 is 0 Å². The number of halogens is 1. The molecule has 3 unspecified atom stereocenters. The first kappa shape index (κ1) is 44.6. The van der Waals surface area contributed by atoms with Gasteiger partial charge in [0.05, 0.1) is 12.9 Å². The summed E-state index contributed by atoms with van der Waals surface area (Å²) >= 11 is 5.69. The van der Waals surface area contributed by atoms with Crippen LogP contribution in [0.1, 0.15) is 119 Å². The molecule has 0 bridgehead atoms. The van der Waals surface area contributed by atoms with Gasteiger partial charge in [0.2, 0.25) is 0 Å². The van der Waals surface area contributed by atoms with Gasteiger partial charge in [0.1, 0.15) is 12.0 Å². The molecule has 3 atom stereocenters. The second-order valence-electron chi connectivity index (χ2n) is 13.2. The minimum Gasteiger partial charge on any atom is -0.461 e. The molecule has 3 aliphatic rings. The molecule has 0 aromatic heterocycles. The summed E-state index contributed by atoms with van der Waals surface area (Å²) in [6.07, 6.45) is 16.3. The van der Waals surface area contributed by atoms with Crippen molar-refractivity contribution >= 4 is 41.5 Å². The Balaban J connectivity index is 0.000000393. The number of carbonyl (C=O) groups excluding carboxylic acids is 1. The summed E-state index contributed by atoms with van der Waals surface area (Å²) in [7, 11) is -5.08. The molecule has 10 nitrogen and oxygen atoms in total. The first-order valence-corrected chi connectivity index (χ1v) is 24.1. The number of ether oxygens (including phenoxy) is 1. The Hall–Kier alpha value is -0.576. The Bertz CT molecular complexity index is 850. The molecule has 49 heavy (non-hydrogen) atoms. The Kier molecular flexibility index (Phi) is 23.9. The van der Waals surface area contributed by atoms with Crippen molar-refractivity contribution in [1.29, 1.82) is 0 Å². The van der Waals surface area contributed by atoms with Gasteiger partial charge in [-0.2, -0.15) is 0 Å². The van der Waals surface area contributed by atoms with E-state index in [9.17, 15) is 4.79 Å². The summed E-state index contributed by atoms with van der Waals surface area (Å²) in [5.74, 6) is 1.74. The number of alkyl halides is 1. The third kappa shape index (κ3) is 16.8. The second-order valence-corrected chi connectivity index (χ2v) is 19.0. The van der Waals surface area contributed by atoms with Crippen LogP contribution in [0.5, 0.6) is 0 Å². The van der Waals surface area contributed by atoms with Crippen molar-refractivity contribution in [2.45, 2.75) is 137 Å². The van der Waals surface area contributed by atoms with Crippen LogP contribution in [0.2, 0.25) is 12.1 Å². The van der Waals surface area contributed by atoms with Crippen LogP contribution in [0, 0.1) is 17.8 Å². The third-order valence-corrected chi connectivity index (χ3v) is 16.4. The first-order valence-electron chi connectivity index (χ1n) is 19.7. The fraction of sp³-hybridized carbons (Fsp3) is 0.944. The van der Waals surface area contributed by atoms with Gasteiger partial charge < -0.3 is 36.2 Å². The molecule has 1 aliphatic heterocycles. The highest BCUT2D eigenvalue weighted by Gasteiger charge is 2.43. The molecule has 0 aromatic carbocycles. The lowest BCUT2D eigenvalue weighted by molar-refractivity contribution is -0.146. The van der Waals surface area contributed by atoms with E-state index in [1.165, 1.54) is 38.5 Å². The number of rotatable bonds is 22. The van der Waals surface area contributed by atoms with Crippen LogP contribution < -0.4 is 0 Å². The molecule has 0 saturated heterocycles. The lowest BCUT2D eigenvalue weighted by Gasteiger charge is -2.35. The molecule has 3 rings (SSSR count). The molecule has 2 fully saturated rings. The van der Waals surface area contributed by atoms with Gasteiger partial charge in [0.25, 0.3) is 0 Å². The molecule has 2 aliphatic carbocycles. The largest absolute Gasteiger partial charge is 0.500 e. The van der Waals surface area contributed by atoms with Crippen LogP contribution in [0.15, 0.2) is 4.99 Å². The molecule has 2 saturated carbocycles. The highest BCUT2D eigenvalue weighted by Crippen LogP contribution is 2.43. The molecule has 288 valence electrons. The zero-order chi connectivity index (χ0) is 35.8. The molecule has 13 heteroatoms. The van der Waals surface area contributed by atoms with Gasteiger partial charge in [-0.15, -0.1) is 11.6 Å². The summed E-state index contributed by atoms with van der Waals surface area (Å²) in [4.78, 5) is 18.2. The fourth-order valence-electron chi connectivity index (χ4n) is 7.88. The molecule has 0 spiro atoms. The van der Waals surface area contributed by atoms with Crippen LogP contribution >= 0.6 is 11.6 Å². The predicted molar refractivity (Wildman–Crippen MR) is 202 cm³/mol. The summed E-state index contributed by atoms with van der Waals surface area (Å²) < 4.78 is 41.5. The maximum Gasteiger partial charge on any atom is 0.500 e. The van der Waals surface area contributed by atoms with Gasteiger partial charge in [-0.05, 0) is 97.8 Å². The maximum atomic E-state index is 11.8. The fourth-order valence-corrected chi connectivity index (χ4v) is 13.3. The second kappa shape index (κ2) is 26.2. The minimum atomic E-state index is -2.64. The van der Waals surface area contributed by atoms with Crippen LogP contribution in [0.4, 0.5) is 0 Å². The highest BCUT2D eigenvalue weighted by atomic mass is 35.5. The van der Waals surface area contributed by atoms with Crippen LogP contribution in [-0.4, -0.2) is 106 Å². The smallest absolute Gasteiger partial charge is 0.461 e. The number of hydrogen-bond acceptors (Lipinski definition) is 10. The molecule has 0 amide bonds. The summed E-state index contributed by atoms with van der Waals surface area (Å²) in [5, 5.41) is 0. The van der Waals surface area contributed by atoms with Crippen LogP contribution in [0.3, 0.4) is 0 Å². The van der Waals surface area contributed by atoms with Crippen molar-refractivity contribution < 1.29 is 36.1 Å². The third-order valence-electron chi connectivity index (χ3n) is 9.90. The van der Waals surface area contributed by atoms with E-state index in [-0.39, 0.29) is 18.0 Å². The molecule has 0 N–H and O–H groups in total. The van der Waals surface area contributed by atoms with Crippen molar-refractivity contribution in [3.8, 4) is 0 Å². The van der Waals surface area contributed by atoms with E-state index < -0.39 is 17.6 Å². The van der Waals surface area contributed by atoms with E-state index in [1.807, 2.05) is 47.9 Å². The minimum absolute atomic E-state index is 0.0113. The standard InChI is InChI=1S/C24H45ClO5Si.C12H26N2O3Si/c1-4-27-31(28-5-2,29-6-3)18-17-21-13-14-22(30-24(26)19-25)15-16-23(21)20-11-9-7-8-10-12-20;1-4-15-18(16-5-2,17-6-3)11-7-9-14-10-8-13-12-14/h20-23H,4-19H2,1-3H3;12H,4-11H2,1-3H3. The molecule has 0 aromatic rings. The number of carbonyl (C=O) groups is 1. The number of aliphatic imine (C=N–C) groups is 1. The maximum absolute atomic E-state index is 11.8. The van der Waals surface area contributed by atoms with Crippen molar-refractivity contribution in [2.75, 3.05) is 65.2 Å². The number of esters is 1. The monoisotopic (exact) mass is 750 g/mol. The van der Waals surface area contributed by atoms with Crippen molar-refractivity contribution in [3.05, 3.63) is 0 Å². The molecule has 1 heterocycles. The van der Waals surface area contributed by atoms with Gasteiger partial charge >= 0.3 is 23.6 Å². The number of nitrogens with zero attached hydrogens (tertiary/aromatic N) is 2. The van der Waals surface area contributed by atoms with Crippen molar-refractivity contribution in [2.24, 2.45) is 22.7 Å². The average Bonchev–Trinajstić information content (AvgIpc) is 3.34. The van der Waals surface area contributed by atoms with E-state index in [0.29, 0.717) is 51.5 Å². The predicted octanol–water partition coefficient (Wildman–Crippen LogP) is 8.12.